The van der Waals surface area contributed by atoms with E-state index in [2.05, 4.69) is 5.32 Å². The Morgan fingerprint density at radius 3 is 2.36 bits per heavy atom. The van der Waals surface area contributed by atoms with Crippen molar-refractivity contribution in [3.63, 3.8) is 0 Å². The van der Waals surface area contributed by atoms with Crippen LogP contribution < -0.4 is 15.0 Å². The van der Waals surface area contributed by atoms with E-state index in [0.29, 0.717) is 23.7 Å². The van der Waals surface area contributed by atoms with E-state index in [1.807, 2.05) is 45.3 Å². The fourth-order valence-electron chi connectivity index (χ4n) is 2.96. The van der Waals surface area contributed by atoms with E-state index in [9.17, 15) is 9.59 Å². The highest BCUT2D eigenvalue weighted by molar-refractivity contribution is 6.31. The number of hydrogen-bond donors (Lipinski definition) is 2. The molecule has 2 rings (SSSR count). The molecule has 0 bridgehead atoms. The van der Waals surface area contributed by atoms with Crippen LogP contribution in [0, 0.1) is 0 Å². The monoisotopic (exact) mass is 403 g/mol. The Balaban J connectivity index is 1.85. The zero-order valence-corrected chi connectivity index (χ0v) is 17.4. The van der Waals surface area contributed by atoms with E-state index in [1.165, 1.54) is 4.90 Å². The fraction of sp³-hybridized carbons (Fsp3) is 0.364. The second kappa shape index (κ2) is 10.8. The Labute approximate surface area is 171 Å². The molecule has 2 aromatic carbocycles. The number of benzene rings is 2. The van der Waals surface area contributed by atoms with Gasteiger partial charge in [0.25, 0.3) is 0 Å². The first-order valence-corrected chi connectivity index (χ1v) is 9.87. The number of carbonyl (C=O) groups is 2. The third-order valence-electron chi connectivity index (χ3n) is 4.55. The molecule has 6 heteroatoms. The number of nitrogens with one attached hydrogen (secondary N) is 2. The maximum Gasteiger partial charge on any atom is 0.220 e. The number of amides is 1. The Kier molecular flexibility index (Phi) is 8.48. The molecule has 2 N–H and O–H groups in total. The molecular formula is C22H28ClN2O3+. The van der Waals surface area contributed by atoms with E-state index in [0.717, 1.165) is 11.3 Å². The molecule has 0 saturated carbocycles. The molecule has 150 valence electrons. The third kappa shape index (κ3) is 6.36. The van der Waals surface area contributed by atoms with Gasteiger partial charge in [-0.2, -0.15) is 0 Å². The summed E-state index contributed by atoms with van der Waals surface area (Å²) in [6.07, 6.45) is 0.329. The zero-order chi connectivity index (χ0) is 20.5. The number of ether oxygens (including phenoxy) is 1. The molecule has 0 aliphatic carbocycles. The number of carbonyl (C=O) groups excluding carboxylic acids is 2. The summed E-state index contributed by atoms with van der Waals surface area (Å²) in [7, 11) is 4.05. The van der Waals surface area contributed by atoms with Gasteiger partial charge in [0.05, 0.1) is 27.2 Å². The Bertz CT molecular complexity index is 791. The van der Waals surface area contributed by atoms with Gasteiger partial charge in [0, 0.05) is 29.0 Å². The number of hydrogen-bond acceptors (Lipinski definition) is 3. The lowest BCUT2D eigenvalue weighted by Crippen LogP contribution is -3.07. The summed E-state index contributed by atoms with van der Waals surface area (Å²) in [5, 5.41) is 3.62. The van der Waals surface area contributed by atoms with Crippen LogP contribution in [0.5, 0.6) is 5.75 Å². The fourth-order valence-corrected chi connectivity index (χ4v) is 3.23. The van der Waals surface area contributed by atoms with Crippen LogP contribution in [0.25, 0.3) is 0 Å². The minimum Gasteiger partial charge on any atom is -0.494 e. The highest BCUT2D eigenvalue weighted by Gasteiger charge is 2.21. The normalized spacial score (nSPS) is 11.9. The van der Waals surface area contributed by atoms with Crippen molar-refractivity contribution >= 4 is 23.3 Å². The van der Waals surface area contributed by atoms with E-state index < -0.39 is 0 Å². The lowest BCUT2D eigenvalue weighted by atomic mass is 10.0. The number of halogens is 1. The van der Waals surface area contributed by atoms with Crippen LogP contribution in [0.3, 0.4) is 0 Å². The number of quaternary nitrogens is 1. The summed E-state index contributed by atoms with van der Waals surface area (Å²) in [6.45, 7) is 2.95. The van der Waals surface area contributed by atoms with Crippen LogP contribution in [0.1, 0.15) is 41.7 Å². The standard InChI is InChI=1S/C22H27ClN2O3/c1-4-28-17-11-9-16(10-12-17)21(26)13-14-22(27)24-15-20(25(2)3)18-7-5-6-8-19(18)23/h5-12,20H,4,13-15H2,1-3H3,(H,24,27)/p+1/t20-/m1/s1. The maximum absolute atomic E-state index is 12.3. The largest absolute Gasteiger partial charge is 0.494 e. The Morgan fingerprint density at radius 2 is 1.75 bits per heavy atom. The van der Waals surface area contributed by atoms with E-state index in [4.69, 9.17) is 16.3 Å². The molecule has 0 aromatic heterocycles. The third-order valence-corrected chi connectivity index (χ3v) is 4.89. The summed E-state index contributed by atoms with van der Waals surface area (Å²) in [5.41, 5.74) is 1.58. The van der Waals surface area contributed by atoms with Crippen molar-refractivity contribution in [2.45, 2.75) is 25.8 Å². The second-order valence-electron chi connectivity index (χ2n) is 6.84. The summed E-state index contributed by atoms with van der Waals surface area (Å²) >= 11 is 6.30. The van der Waals surface area contributed by atoms with Crippen molar-refractivity contribution < 1.29 is 19.2 Å². The minimum atomic E-state index is -0.141. The molecular weight excluding hydrogens is 376 g/mol. The van der Waals surface area contributed by atoms with Gasteiger partial charge in [0.1, 0.15) is 11.8 Å². The van der Waals surface area contributed by atoms with Crippen molar-refractivity contribution in [1.29, 1.82) is 0 Å². The van der Waals surface area contributed by atoms with Gasteiger partial charge in [-0.3, -0.25) is 9.59 Å². The average molecular weight is 404 g/mol. The van der Waals surface area contributed by atoms with Gasteiger partial charge in [-0.05, 0) is 37.3 Å². The van der Waals surface area contributed by atoms with E-state index >= 15 is 0 Å². The predicted octanol–water partition coefficient (Wildman–Crippen LogP) is 2.70. The van der Waals surface area contributed by atoms with Crippen LogP contribution in [-0.2, 0) is 4.79 Å². The van der Waals surface area contributed by atoms with Gasteiger partial charge < -0.3 is 15.0 Å². The van der Waals surface area contributed by atoms with Gasteiger partial charge >= 0.3 is 0 Å². The first-order valence-electron chi connectivity index (χ1n) is 9.49. The molecule has 0 spiro atoms. The van der Waals surface area contributed by atoms with Crippen molar-refractivity contribution in [2.24, 2.45) is 0 Å². The highest BCUT2D eigenvalue weighted by Crippen LogP contribution is 2.20. The quantitative estimate of drug-likeness (QED) is 0.599. The van der Waals surface area contributed by atoms with Gasteiger partial charge in [-0.25, -0.2) is 0 Å². The number of likely N-dealkylation sites (N-methyl/N-ethyl adjacent to an activating group) is 1. The summed E-state index contributed by atoms with van der Waals surface area (Å²) in [4.78, 5) is 25.7. The molecule has 2 aromatic rings. The van der Waals surface area contributed by atoms with Gasteiger partial charge in [0.2, 0.25) is 5.91 Å². The first kappa shape index (κ1) is 21.9. The van der Waals surface area contributed by atoms with Crippen LogP contribution in [0.15, 0.2) is 48.5 Å². The molecule has 0 fully saturated rings. The number of Topliss-reactive ketones (excluding diaryl/α,β-unsaturated/α-hetero) is 1. The van der Waals surface area contributed by atoms with Crippen LogP contribution in [-0.4, -0.2) is 38.9 Å². The molecule has 1 atom stereocenters. The summed E-state index contributed by atoms with van der Waals surface area (Å²) < 4.78 is 5.37. The van der Waals surface area contributed by atoms with E-state index in [-0.39, 0.29) is 30.6 Å². The predicted molar refractivity (Wildman–Crippen MR) is 111 cm³/mol. The lowest BCUT2D eigenvalue weighted by Gasteiger charge is -2.23. The summed E-state index contributed by atoms with van der Waals surface area (Å²) in [5.74, 6) is 0.533. The van der Waals surface area contributed by atoms with Crippen molar-refractivity contribution in [3.05, 3.63) is 64.7 Å². The lowest BCUT2D eigenvalue weighted by molar-refractivity contribution is -0.890. The number of rotatable bonds is 10. The molecule has 0 radical (unpaired) electrons. The molecule has 0 aliphatic heterocycles. The summed E-state index contributed by atoms with van der Waals surface area (Å²) in [6, 6.07) is 14.7. The molecule has 28 heavy (non-hydrogen) atoms. The van der Waals surface area contributed by atoms with Crippen molar-refractivity contribution in [2.75, 3.05) is 27.2 Å². The molecule has 0 saturated heterocycles. The first-order chi connectivity index (χ1) is 13.4. The van der Waals surface area contributed by atoms with Gasteiger partial charge in [-0.1, -0.05) is 29.8 Å². The molecule has 0 aliphatic rings. The smallest absolute Gasteiger partial charge is 0.220 e. The SMILES string of the molecule is CCOc1ccc(C(=O)CCC(=O)NC[C@H](c2ccccc2Cl)[NH+](C)C)cc1. The maximum atomic E-state index is 12.3. The average Bonchev–Trinajstić information content (AvgIpc) is 2.68. The molecule has 5 nitrogen and oxygen atoms in total. The van der Waals surface area contributed by atoms with Gasteiger partial charge in [-0.15, -0.1) is 0 Å². The molecule has 0 heterocycles. The topological polar surface area (TPSA) is 59.8 Å². The van der Waals surface area contributed by atoms with Gasteiger partial charge in [0.15, 0.2) is 5.78 Å². The number of ketones is 1. The molecule has 0 unspecified atom stereocenters. The Morgan fingerprint density at radius 1 is 1.07 bits per heavy atom. The second-order valence-corrected chi connectivity index (χ2v) is 7.24. The Hall–Kier alpha value is -2.37. The highest BCUT2D eigenvalue weighted by atomic mass is 35.5. The zero-order valence-electron chi connectivity index (χ0n) is 16.6. The minimum absolute atomic E-state index is 0.0412. The van der Waals surface area contributed by atoms with Crippen molar-refractivity contribution in [1.82, 2.24) is 5.32 Å². The molecule has 1 amide bonds. The van der Waals surface area contributed by atoms with Crippen molar-refractivity contribution in [3.8, 4) is 5.75 Å². The van der Waals surface area contributed by atoms with Crippen LogP contribution >= 0.6 is 11.6 Å². The van der Waals surface area contributed by atoms with E-state index in [1.54, 1.807) is 24.3 Å². The van der Waals surface area contributed by atoms with Crippen LogP contribution in [0.2, 0.25) is 5.02 Å². The van der Waals surface area contributed by atoms with Crippen LogP contribution in [0.4, 0.5) is 0 Å².